The van der Waals surface area contributed by atoms with E-state index in [2.05, 4.69) is 10.3 Å². The number of nitrogens with one attached hydrogen (secondary N) is 1. The summed E-state index contributed by atoms with van der Waals surface area (Å²) in [6.45, 7) is 2.38. The fourth-order valence-electron chi connectivity index (χ4n) is 2.18. The highest BCUT2D eigenvalue weighted by Gasteiger charge is 2.34. The Morgan fingerprint density at radius 1 is 1.56 bits per heavy atom. The lowest BCUT2D eigenvalue weighted by atomic mass is 10.0. The zero-order chi connectivity index (χ0) is 11.3. The maximum atomic E-state index is 11.3. The number of amides is 1. The predicted octanol–water partition coefficient (Wildman–Crippen LogP) is 1.83. The summed E-state index contributed by atoms with van der Waals surface area (Å²) in [5.41, 5.74) is 1.83. The molecule has 82 valence electrons. The molecule has 0 aliphatic carbocycles. The molecule has 2 aliphatic rings. The monoisotopic (exact) mass is 235 g/mol. The fraction of sp³-hybridized carbons (Fsp3) is 0.273. The summed E-state index contributed by atoms with van der Waals surface area (Å²) >= 11 is 6.16. The van der Waals surface area contributed by atoms with Crippen LogP contribution in [0.2, 0.25) is 5.02 Å². The third-order valence-corrected chi connectivity index (χ3v) is 3.31. The summed E-state index contributed by atoms with van der Waals surface area (Å²) in [6, 6.07) is 5.70. The summed E-state index contributed by atoms with van der Waals surface area (Å²) in [6.07, 6.45) is 0. The molecule has 0 saturated carbocycles. The van der Waals surface area contributed by atoms with Gasteiger partial charge in [0, 0.05) is 10.6 Å². The number of halogens is 1. The molecule has 2 aliphatic heterocycles. The Morgan fingerprint density at radius 2 is 2.38 bits per heavy atom. The van der Waals surface area contributed by atoms with E-state index in [4.69, 9.17) is 11.6 Å². The van der Waals surface area contributed by atoms with Gasteiger partial charge in [0.25, 0.3) is 0 Å². The van der Waals surface area contributed by atoms with E-state index in [-0.39, 0.29) is 11.9 Å². The van der Waals surface area contributed by atoms with E-state index in [9.17, 15) is 4.79 Å². The Morgan fingerprint density at radius 3 is 3.19 bits per heavy atom. The second-order valence-electron chi connectivity index (χ2n) is 3.96. The first-order valence-electron chi connectivity index (χ1n) is 5.10. The molecule has 16 heavy (non-hydrogen) atoms. The molecule has 1 aromatic rings. The van der Waals surface area contributed by atoms with Crippen molar-refractivity contribution in [1.82, 2.24) is 10.2 Å². The fourth-order valence-corrected chi connectivity index (χ4v) is 2.51. The summed E-state index contributed by atoms with van der Waals surface area (Å²) in [4.78, 5) is 17.6. The molecular weight excluding hydrogens is 226 g/mol. The molecule has 1 saturated heterocycles. The van der Waals surface area contributed by atoms with Crippen molar-refractivity contribution in [3.8, 4) is 0 Å². The first-order valence-corrected chi connectivity index (χ1v) is 5.48. The molecule has 0 aromatic heterocycles. The molecular formula is C11H10ClN3O. The van der Waals surface area contributed by atoms with Crippen LogP contribution in [0.1, 0.15) is 18.5 Å². The molecule has 1 fully saturated rings. The van der Waals surface area contributed by atoms with Crippen LogP contribution in [0.3, 0.4) is 0 Å². The average molecular weight is 236 g/mol. The molecule has 0 radical (unpaired) electrons. The van der Waals surface area contributed by atoms with Crippen molar-refractivity contribution in [1.29, 1.82) is 0 Å². The van der Waals surface area contributed by atoms with Crippen LogP contribution in [-0.2, 0) is 4.79 Å². The number of fused-ring (bicyclic) bond motifs is 2. The number of guanidine groups is 1. The van der Waals surface area contributed by atoms with Gasteiger partial charge in [0.1, 0.15) is 6.54 Å². The van der Waals surface area contributed by atoms with Gasteiger partial charge in [-0.1, -0.05) is 17.7 Å². The zero-order valence-corrected chi connectivity index (χ0v) is 9.45. The number of carbonyl (C=O) groups excluding carboxylic acids is 1. The minimum atomic E-state index is -0.0190. The van der Waals surface area contributed by atoms with Crippen LogP contribution >= 0.6 is 11.6 Å². The number of rotatable bonds is 0. The van der Waals surface area contributed by atoms with Crippen molar-refractivity contribution in [2.75, 3.05) is 6.54 Å². The van der Waals surface area contributed by atoms with E-state index >= 15 is 0 Å². The summed E-state index contributed by atoms with van der Waals surface area (Å²) in [5.74, 6) is 0.613. The minimum absolute atomic E-state index is 0.0190. The quantitative estimate of drug-likeness (QED) is 0.746. The van der Waals surface area contributed by atoms with E-state index < -0.39 is 0 Å². The number of hydrogen-bond acceptors (Lipinski definition) is 3. The van der Waals surface area contributed by atoms with Gasteiger partial charge in [-0.25, -0.2) is 4.99 Å². The standard InChI is InChI=1S/C11H10ClN3O/c1-6-10-7(12)3-2-4-8(10)13-11-14-9(16)5-15(6)11/h2-4,6H,5H2,1H3,(H,13,14,16). The summed E-state index contributed by atoms with van der Waals surface area (Å²) in [5, 5.41) is 3.44. The maximum absolute atomic E-state index is 11.3. The van der Waals surface area contributed by atoms with Gasteiger partial charge >= 0.3 is 0 Å². The highest BCUT2D eigenvalue weighted by atomic mass is 35.5. The molecule has 3 rings (SSSR count). The van der Waals surface area contributed by atoms with E-state index in [1.54, 1.807) is 0 Å². The Kier molecular flexibility index (Phi) is 1.94. The normalized spacial score (nSPS) is 22.4. The molecule has 1 N–H and O–H groups in total. The number of benzene rings is 1. The Labute approximate surface area is 97.9 Å². The molecule has 4 nitrogen and oxygen atoms in total. The highest BCUT2D eigenvalue weighted by Crippen LogP contribution is 2.39. The maximum Gasteiger partial charge on any atom is 0.246 e. The molecule has 5 heteroatoms. The third kappa shape index (κ3) is 1.23. The second-order valence-corrected chi connectivity index (χ2v) is 4.37. The molecule has 1 amide bonds. The number of hydrogen-bond donors (Lipinski definition) is 1. The highest BCUT2D eigenvalue weighted by molar-refractivity contribution is 6.32. The van der Waals surface area contributed by atoms with Gasteiger partial charge in [0.2, 0.25) is 11.9 Å². The molecule has 0 spiro atoms. The SMILES string of the molecule is CC1c2c(Cl)cccc2N=C2NC(=O)CN21. The van der Waals surface area contributed by atoms with Gasteiger partial charge in [-0.3, -0.25) is 10.1 Å². The molecule has 1 unspecified atom stereocenters. The average Bonchev–Trinajstić information content (AvgIpc) is 2.59. The van der Waals surface area contributed by atoms with Crippen LogP contribution in [0.4, 0.5) is 5.69 Å². The lowest BCUT2D eigenvalue weighted by Crippen LogP contribution is -2.34. The lowest BCUT2D eigenvalue weighted by Gasteiger charge is -2.30. The molecule has 1 atom stereocenters. The van der Waals surface area contributed by atoms with Gasteiger partial charge in [0.05, 0.1) is 11.7 Å². The van der Waals surface area contributed by atoms with E-state index in [0.29, 0.717) is 17.5 Å². The zero-order valence-electron chi connectivity index (χ0n) is 8.70. The van der Waals surface area contributed by atoms with Gasteiger partial charge in [-0.15, -0.1) is 0 Å². The van der Waals surface area contributed by atoms with Crippen LogP contribution in [-0.4, -0.2) is 23.3 Å². The molecule has 1 aromatic carbocycles. The van der Waals surface area contributed by atoms with Crippen LogP contribution in [0, 0.1) is 0 Å². The smallest absolute Gasteiger partial charge is 0.246 e. The summed E-state index contributed by atoms with van der Waals surface area (Å²) in [7, 11) is 0. The molecule has 0 bridgehead atoms. The number of nitrogens with zero attached hydrogens (tertiary/aromatic N) is 2. The minimum Gasteiger partial charge on any atom is -0.326 e. The first kappa shape index (κ1) is 9.66. The van der Waals surface area contributed by atoms with Crippen molar-refractivity contribution >= 4 is 29.2 Å². The Balaban J connectivity index is 2.17. The Bertz CT molecular complexity index is 512. The van der Waals surface area contributed by atoms with Gasteiger partial charge in [-0.2, -0.15) is 0 Å². The van der Waals surface area contributed by atoms with Crippen molar-refractivity contribution in [2.45, 2.75) is 13.0 Å². The first-order chi connectivity index (χ1) is 7.66. The van der Waals surface area contributed by atoms with Crippen molar-refractivity contribution in [3.63, 3.8) is 0 Å². The van der Waals surface area contributed by atoms with E-state index in [0.717, 1.165) is 11.3 Å². The number of carbonyl (C=O) groups is 1. The summed E-state index contributed by atoms with van der Waals surface area (Å²) < 4.78 is 0. The van der Waals surface area contributed by atoms with Crippen LogP contribution in [0.15, 0.2) is 23.2 Å². The van der Waals surface area contributed by atoms with Crippen molar-refractivity contribution in [3.05, 3.63) is 28.8 Å². The van der Waals surface area contributed by atoms with Crippen LogP contribution in [0.5, 0.6) is 0 Å². The van der Waals surface area contributed by atoms with Gasteiger partial charge < -0.3 is 4.90 Å². The Hall–Kier alpha value is -1.55. The van der Waals surface area contributed by atoms with Crippen molar-refractivity contribution in [2.24, 2.45) is 4.99 Å². The lowest BCUT2D eigenvalue weighted by molar-refractivity contribution is -0.118. The number of aliphatic imine (C=N–C) groups is 1. The second kappa shape index (κ2) is 3.22. The van der Waals surface area contributed by atoms with E-state index in [1.807, 2.05) is 30.0 Å². The van der Waals surface area contributed by atoms with E-state index in [1.165, 1.54) is 0 Å². The van der Waals surface area contributed by atoms with Crippen LogP contribution < -0.4 is 5.32 Å². The van der Waals surface area contributed by atoms with Crippen molar-refractivity contribution < 1.29 is 4.79 Å². The largest absolute Gasteiger partial charge is 0.326 e. The molecule has 2 heterocycles. The third-order valence-electron chi connectivity index (χ3n) is 2.98. The van der Waals surface area contributed by atoms with Gasteiger partial charge in [0.15, 0.2) is 0 Å². The predicted molar refractivity (Wildman–Crippen MR) is 61.8 cm³/mol. The van der Waals surface area contributed by atoms with Gasteiger partial charge in [-0.05, 0) is 19.1 Å². The van der Waals surface area contributed by atoms with Crippen LogP contribution in [0.25, 0.3) is 0 Å². The topological polar surface area (TPSA) is 44.7 Å².